The predicted molar refractivity (Wildman–Crippen MR) is 83.3 cm³/mol. The van der Waals surface area contributed by atoms with Gasteiger partial charge in [0, 0.05) is 6.07 Å². The zero-order valence-corrected chi connectivity index (χ0v) is 13.3. The monoisotopic (exact) mass is 331 g/mol. The minimum Gasteiger partial charge on any atom is -0.497 e. The van der Waals surface area contributed by atoms with Gasteiger partial charge < -0.3 is 24.2 Å². The molecular weight excluding hydrogens is 314 g/mol. The largest absolute Gasteiger partial charge is 0.497 e. The molecule has 126 valence electrons. The summed E-state index contributed by atoms with van der Waals surface area (Å²) >= 11 is 0. The van der Waals surface area contributed by atoms with Gasteiger partial charge in [0.15, 0.2) is 0 Å². The van der Waals surface area contributed by atoms with Crippen molar-refractivity contribution in [3.63, 3.8) is 0 Å². The first-order chi connectivity index (χ1) is 11.5. The number of amides is 1. The second-order valence-electron chi connectivity index (χ2n) is 6.20. The number of aliphatic carboxylic acids is 1. The number of carboxylic acids is 1. The number of hydrogen-bond donors (Lipinski definition) is 1. The normalized spacial score (nSPS) is 33.0. The van der Waals surface area contributed by atoms with E-state index in [0.29, 0.717) is 17.2 Å². The van der Waals surface area contributed by atoms with Crippen LogP contribution >= 0.6 is 0 Å². The first kappa shape index (κ1) is 15.0. The molecule has 7 heteroatoms. The van der Waals surface area contributed by atoms with Crippen molar-refractivity contribution in [1.82, 2.24) is 0 Å². The lowest BCUT2D eigenvalue weighted by Crippen LogP contribution is -2.39. The van der Waals surface area contributed by atoms with Crippen molar-refractivity contribution in [2.45, 2.75) is 11.7 Å². The Balaban J connectivity index is 1.74. The van der Waals surface area contributed by atoms with Crippen LogP contribution in [0.15, 0.2) is 30.4 Å². The molecule has 4 rings (SSSR count). The highest BCUT2D eigenvalue weighted by molar-refractivity contribution is 6.03. The highest BCUT2D eigenvalue weighted by Gasteiger charge is 2.67. The Hall–Kier alpha value is -2.54. The first-order valence-corrected chi connectivity index (χ1v) is 7.64. The minimum absolute atomic E-state index is 0.252. The summed E-state index contributed by atoms with van der Waals surface area (Å²) in [7, 11) is 3.06. The zero-order valence-electron chi connectivity index (χ0n) is 13.3. The SMILES string of the molecule is COc1ccc(N2C[C@]34C=C[C@@H](O3)[C@@H](C(=O)O)[C@H]4C2=O)c(OC)c1. The molecule has 2 fully saturated rings. The summed E-state index contributed by atoms with van der Waals surface area (Å²) in [5, 5.41) is 9.50. The minimum atomic E-state index is -1.01. The van der Waals surface area contributed by atoms with Gasteiger partial charge in [0.2, 0.25) is 5.91 Å². The molecule has 1 amide bonds. The second kappa shape index (κ2) is 4.98. The molecule has 1 N–H and O–H groups in total. The van der Waals surface area contributed by atoms with E-state index in [-0.39, 0.29) is 12.5 Å². The van der Waals surface area contributed by atoms with E-state index in [9.17, 15) is 14.7 Å². The lowest BCUT2D eigenvalue weighted by molar-refractivity contribution is -0.146. The molecule has 4 atom stereocenters. The number of ether oxygens (including phenoxy) is 3. The van der Waals surface area contributed by atoms with Crippen molar-refractivity contribution in [3.8, 4) is 11.5 Å². The van der Waals surface area contributed by atoms with E-state index >= 15 is 0 Å². The Labute approximate surface area is 138 Å². The van der Waals surface area contributed by atoms with Crippen molar-refractivity contribution in [3.05, 3.63) is 30.4 Å². The van der Waals surface area contributed by atoms with Gasteiger partial charge in [0.05, 0.1) is 38.5 Å². The van der Waals surface area contributed by atoms with Crippen molar-refractivity contribution < 1.29 is 28.9 Å². The van der Waals surface area contributed by atoms with Gasteiger partial charge in [0.1, 0.15) is 23.0 Å². The number of hydrogen-bond acceptors (Lipinski definition) is 5. The summed E-state index contributed by atoms with van der Waals surface area (Å²) in [6, 6.07) is 5.16. The summed E-state index contributed by atoms with van der Waals surface area (Å²) < 4.78 is 16.4. The van der Waals surface area contributed by atoms with Gasteiger partial charge in [0.25, 0.3) is 0 Å². The Bertz CT molecular complexity index is 759. The van der Waals surface area contributed by atoms with Crippen LogP contribution in [0.3, 0.4) is 0 Å². The smallest absolute Gasteiger partial charge is 0.310 e. The first-order valence-electron chi connectivity index (χ1n) is 7.64. The Kier molecular flexibility index (Phi) is 3.11. The van der Waals surface area contributed by atoms with E-state index in [1.54, 1.807) is 36.3 Å². The molecule has 0 aliphatic carbocycles. The molecule has 0 aromatic heterocycles. The lowest BCUT2D eigenvalue weighted by atomic mass is 9.77. The number of carbonyl (C=O) groups excluding carboxylic acids is 1. The van der Waals surface area contributed by atoms with Gasteiger partial charge in [-0.1, -0.05) is 12.2 Å². The molecule has 0 saturated carbocycles. The molecule has 2 saturated heterocycles. The van der Waals surface area contributed by atoms with Crippen LogP contribution in [-0.2, 0) is 14.3 Å². The topological polar surface area (TPSA) is 85.3 Å². The lowest BCUT2D eigenvalue weighted by Gasteiger charge is -2.23. The number of rotatable bonds is 4. The summed E-state index contributed by atoms with van der Waals surface area (Å²) in [5.74, 6) is -1.72. The fraction of sp³-hybridized carbons (Fsp3) is 0.412. The fourth-order valence-corrected chi connectivity index (χ4v) is 3.99. The fourth-order valence-electron chi connectivity index (χ4n) is 3.99. The van der Waals surface area contributed by atoms with Crippen LogP contribution in [0, 0.1) is 11.8 Å². The van der Waals surface area contributed by atoms with Gasteiger partial charge in [-0.3, -0.25) is 9.59 Å². The quantitative estimate of drug-likeness (QED) is 0.831. The molecule has 0 radical (unpaired) electrons. The molecule has 24 heavy (non-hydrogen) atoms. The van der Waals surface area contributed by atoms with E-state index in [4.69, 9.17) is 14.2 Å². The number of anilines is 1. The van der Waals surface area contributed by atoms with Crippen LogP contribution in [0.5, 0.6) is 11.5 Å². The number of benzene rings is 1. The number of carbonyl (C=O) groups is 2. The van der Waals surface area contributed by atoms with Gasteiger partial charge in [-0.25, -0.2) is 0 Å². The van der Waals surface area contributed by atoms with Gasteiger partial charge in [-0.05, 0) is 12.1 Å². The Morgan fingerprint density at radius 1 is 1.38 bits per heavy atom. The maximum absolute atomic E-state index is 13.0. The van der Waals surface area contributed by atoms with Crippen LogP contribution < -0.4 is 14.4 Å². The predicted octanol–water partition coefficient (Wildman–Crippen LogP) is 1.07. The van der Waals surface area contributed by atoms with Crippen molar-refractivity contribution in [2.24, 2.45) is 11.8 Å². The van der Waals surface area contributed by atoms with Crippen LogP contribution in [0.2, 0.25) is 0 Å². The summed E-state index contributed by atoms with van der Waals surface area (Å²) in [4.78, 5) is 26.1. The van der Waals surface area contributed by atoms with E-state index in [0.717, 1.165) is 0 Å². The molecule has 1 aromatic carbocycles. The molecule has 2 bridgehead atoms. The third-order valence-electron chi connectivity index (χ3n) is 5.06. The summed E-state index contributed by atoms with van der Waals surface area (Å²) in [5.41, 5.74) is -0.285. The van der Waals surface area contributed by atoms with Crippen LogP contribution in [-0.4, -0.2) is 49.5 Å². The number of carboxylic acid groups (broad SMARTS) is 1. The molecular formula is C17H17NO6. The summed E-state index contributed by atoms with van der Waals surface area (Å²) in [6.07, 6.45) is 3.05. The molecule has 1 aromatic rings. The third-order valence-corrected chi connectivity index (χ3v) is 5.06. The summed E-state index contributed by atoms with van der Waals surface area (Å²) in [6.45, 7) is 0.274. The zero-order chi connectivity index (χ0) is 17.1. The third kappa shape index (κ3) is 1.81. The number of nitrogens with zero attached hydrogens (tertiary/aromatic N) is 1. The molecule has 0 unspecified atom stereocenters. The number of fused-ring (bicyclic) bond motifs is 1. The highest BCUT2D eigenvalue weighted by Crippen LogP contribution is 2.53. The van der Waals surface area contributed by atoms with E-state index in [2.05, 4.69) is 0 Å². The Morgan fingerprint density at radius 2 is 2.17 bits per heavy atom. The van der Waals surface area contributed by atoms with Crippen LogP contribution in [0.1, 0.15) is 0 Å². The van der Waals surface area contributed by atoms with Gasteiger partial charge >= 0.3 is 5.97 Å². The highest BCUT2D eigenvalue weighted by atomic mass is 16.5. The second-order valence-corrected chi connectivity index (χ2v) is 6.20. The van der Waals surface area contributed by atoms with E-state index in [1.807, 2.05) is 6.08 Å². The molecule has 3 aliphatic heterocycles. The van der Waals surface area contributed by atoms with E-state index in [1.165, 1.54) is 7.11 Å². The molecule has 7 nitrogen and oxygen atoms in total. The average Bonchev–Trinajstić information content (AvgIpc) is 3.22. The molecule has 3 aliphatic rings. The molecule has 3 heterocycles. The van der Waals surface area contributed by atoms with Crippen molar-refractivity contribution >= 4 is 17.6 Å². The average molecular weight is 331 g/mol. The van der Waals surface area contributed by atoms with Crippen molar-refractivity contribution in [1.29, 1.82) is 0 Å². The van der Waals surface area contributed by atoms with Crippen molar-refractivity contribution in [2.75, 3.05) is 25.7 Å². The van der Waals surface area contributed by atoms with Crippen LogP contribution in [0.25, 0.3) is 0 Å². The van der Waals surface area contributed by atoms with Gasteiger partial charge in [-0.15, -0.1) is 0 Å². The standard InChI is InChI=1S/C17H17NO6/c1-22-9-3-4-10(12(7-9)23-2)18-8-17-6-5-11(24-17)13(16(20)21)14(17)15(18)19/h3-7,11,13-14H,8H2,1-2H3,(H,20,21)/t11-,13-,14+,17+/m1/s1. The Morgan fingerprint density at radius 3 is 2.83 bits per heavy atom. The maximum Gasteiger partial charge on any atom is 0.310 e. The van der Waals surface area contributed by atoms with Gasteiger partial charge in [-0.2, -0.15) is 0 Å². The van der Waals surface area contributed by atoms with Crippen LogP contribution in [0.4, 0.5) is 5.69 Å². The maximum atomic E-state index is 13.0. The molecule has 1 spiro atoms. The number of methoxy groups -OCH3 is 2. The van der Waals surface area contributed by atoms with E-state index < -0.39 is 29.5 Å².